The van der Waals surface area contributed by atoms with Gasteiger partial charge in [-0.2, -0.15) is 5.10 Å². The minimum absolute atomic E-state index is 0.0211. The van der Waals surface area contributed by atoms with Crippen molar-refractivity contribution in [1.29, 1.82) is 0 Å². The van der Waals surface area contributed by atoms with Crippen LogP contribution in [0.2, 0.25) is 0 Å². The van der Waals surface area contributed by atoms with Gasteiger partial charge in [0.15, 0.2) is 5.69 Å². The maximum atomic E-state index is 12.9. The summed E-state index contributed by atoms with van der Waals surface area (Å²) in [5.41, 5.74) is 2.72. The van der Waals surface area contributed by atoms with Crippen molar-refractivity contribution < 1.29 is 4.79 Å². The number of carbonyl (C=O) groups excluding carboxylic acids is 1. The van der Waals surface area contributed by atoms with Crippen LogP contribution in [0.3, 0.4) is 0 Å². The third-order valence-corrected chi connectivity index (χ3v) is 6.23. The van der Waals surface area contributed by atoms with Crippen molar-refractivity contribution in [3.05, 3.63) is 51.2 Å². The number of amides is 1. The van der Waals surface area contributed by atoms with E-state index in [4.69, 9.17) is 0 Å². The fraction of sp³-hybridized carbons (Fsp3) is 0.294. The number of aromatic nitrogens is 2. The van der Waals surface area contributed by atoms with Crippen LogP contribution >= 0.6 is 22.7 Å². The lowest BCUT2D eigenvalue weighted by atomic mass is 9.97. The Kier molecular flexibility index (Phi) is 3.79. The van der Waals surface area contributed by atoms with Crippen LogP contribution in [0.15, 0.2) is 35.0 Å². The quantitative estimate of drug-likeness (QED) is 0.768. The van der Waals surface area contributed by atoms with E-state index in [0.29, 0.717) is 5.69 Å². The van der Waals surface area contributed by atoms with Crippen LogP contribution < -0.4 is 0 Å². The second-order valence-corrected chi connectivity index (χ2v) is 7.56. The second-order valence-electron chi connectivity index (χ2n) is 5.62. The molecule has 0 aromatic carbocycles. The van der Waals surface area contributed by atoms with Crippen molar-refractivity contribution in [2.24, 2.45) is 0 Å². The third-order valence-electron chi connectivity index (χ3n) is 4.33. The maximum absolute atomic E-state index is 12.9. The predicted octanol–water partition coefficient (Wildman–Crippen LogP) is 4.35. The van der Waals surface area contributed by atoms with E-state index < -0.39 is 0 Å². The van der Waals surface area contributed by atoms with Gasteiger partial charge in [-0.3, -0.25) is 9.89 Å². The Morgan fingerprint density at radius 3 is 3.09 bits per heavy atom. The van der Waals surface area contributed by atoms with Crippen molar-refractivity contribution in [3.8, 4) is 10.6 Å². The van der Waals surface area contributed by atoms with E-state index in [1.807, 2.05) is 28.5 Å². The largest absolute Gasteiger partial charge is 0.330 e. The average molecular weight is 343 g/mol. The summed E-state index contributed by atoms with van der Waals surface area (Å²) in [5.74, 6) is 0.0211. The first kappa shape index (κ1) is 14.7. The lowest BCUT2D eigenvalue weighted by Gasteiger charge is -2.35. The molecule has 23 heavy (non-hydrogen) atoms. The number of aromatic amines is 1. The molecule has 4 nitrogen and oxygen atoms in total. The average Bonchev–Trinajstić information content (AvgIpc) is 3.32. The van der Waals surface area contributed by atoms with Crippen LogP contribution in [-0.2, 0) is 6.42 Å². The summed E-state index contributed by atoms with van der Waals surface area (Å²) >= 11 is 3.44. The lowest BCUT2D eigenvalue weighted by molar-refractivity contribution is 0.0651. The topological polar surface area (TPSA) is 49.0 Å². The van der Waals surface area contributed by atoms with Gasteiger partial charge in [-0.1, -0.05) is 13.0 Å². The first-order valence-electron chi connectivity index (χ1n) is 7.74. The summed E-state index contributed by atoms with van der Waals surface area (Å²) in [6, 6.07) is 8.22. The predicted molar refractivity (Wildman–Crippen MR) is 94.0 cm³/mol. The molecule has 0 aliphatic carbocycles. The second kappa shape index (κ2) is 5.94. The number of fused-ring (bicyclic) bond motifs is 1. The van der Waals surface area contributed by atoms with E-state index >= 15 is 0 Å². The molecule has 4 rings (SSSR count). The van der Waals surface area contributed by atoms with Gasteiger partial charge in [0.25, 0.3) is 5.91 Å². The Hall–Kier alpha value is -1.92. The Bertz CT molecular complexity index is 819. The van der Waals surface area contributed by atoms with Gasteiger partial charge in [0.2, 0.25) is 0 Å². The van der Waals surface area contributed by atoms with Gasteiger partial charge in [0.1, 0.15) is 0 Å². The minimum Gasteiger partial charge on any atom is -0.330 e. The van der Waals surface area contributed by atoms with Crippen LogP contribution in [0.5, 0.6) is 0 Å². The van der Waals surface area contributed by atoms with Gasteiger partial charge < -0.3 is 4.90 Å². The van der Waals surface area contributed by atoms with Crippen LogP contribution in [0, 0.1) is 0 Å². The van der Waals surface area contributed by atoms with E-state index in [2.05, 4.69) is 28.6 Å². The highest BCUT2D eigenvalue weighted by molar-refractivity contribution is 7.13. The summed E-state index contributed by atoms with van der Waals surface area (Å²) < 4.78 is 0. The SMILES string of the molecule is CCC1c2ccsc2CCN1C(=O)c1cc(-c2cccs2)[nH]n1. The van der Waals surface area contributed by atoms with E-state index in [1.165, 1.54) is 10.4 Å². The Balaban J connectivity index is 1.62. The Labute approximate surface area is 142 Å². The maximum Gasteiger partial charge on any atom is 0.274 e. The summed E-state index contributed by atoms with van der Waals surface area (Å²) in [4.78, 5) is 17.4. The highest BCUT2D eigenvalue weighted by atomic mass is 32.1. The molecule has 0 spiro atoms. The third kappa shape index (κ3) is 2.52. The van der Waals surface area contributed by atoms with Gasteiger partial charge in [-0.25, -0.2) is 0 Å². The molecule has 4 heterocycles. The minimum atomic E-state index is 0.0211. The van der Waals surface area contributed by atoms with Crippen LogP contribution in [0.25, 0.3) is 10.6 Å². The molecular formula is C17H17N3OS2. The van der Waals surface area contributed by atoms with E-state index in [9.17, 15) is 4.79 Å². The highest BCUT2D eigenvalue weighted by Crippen LogP contribution is 2.36. The summed E-state index contributed by atoms with van der Waals surface area (Å²) in [6.45, 7) is 2.91. The molecule has 118 valence electrons. The number of hydrogen-bond donors (Lipinski definition) is 1. The molecule has 3 aromatic heterocycles. The molecule has 1 amide bonds. The van der Waals surface area contributed by atoms with Crippen molar-refractivity contribution >= 4 is 28.6 Å². The summed E-state index contributed by atoms with van der Waals surface area (Å²) in [6.07, 6.45) is 1.87. The van der Waals surface area contributed by atoms with E-state index in [0.717, 1.165) is 30.0 Å². The number of carbonyl (C=O) groups is 1. The molecule has 0 saturated heterocycles. The van der Waals surface area contributed by atoms with Crippen molar-refractivity contribution in [1.82, 2.24) is 15.1 Å². The Morgan fingerprint density at radius 2 is 2.30 bits per heavy atom. The molecule has 6 heteroatoms. The van der Waals surface area contributed by atoms with Gasteiger partial charge in [-0.05, 0) is 47.4 Å². The number of H-pyrrole nitrogens is 1. The molecular weight excluding hydrogens is 326 g/mol. The molecule has 1 atom stereocenters. The van der Waals surface area contributed by atoms with Gasteiger partial charge in [0.05, 0.1) is 16.6 Å². The number of thiophene rings is 2. The van der Waals surface area contributed by atoms with Crippen LogP contribution in [-0.4, -0.2) is 27.5 Å². The standard InChI is InChI=1S/C17H17N3OS2/c1-2-14-11-6-9-23-15(11)5-7-20(14)17(21)13-10-12(18-19-13)16-4-3-8-22-16/h3-4,6,8-10,14H,2,5,7H2,1H3,(H,18,19). The molecule has 0 radical (unpaired) electrons. The zero-order valence-corrected chi connectivity index (χ0v) is 14.4. The molecule has 0 bridgehead atoms. The lowest BCUT2D eigenvalue weighted by Crippen LogP contribution is -2.39. The van der Waals surface area contributed by atoms with Gasteiger partial charge in [-0.15, -0.1) is 22.7 Å². The van der Waals surface area contributed by atoms with Crippen molar-refractivity contribution in [2.75, 3.05) is 6.54 Å². The molecule has 3 aromatic rings. The molecule has 1 aliphatic heterocycles. The molecule has 1 unspecified atom stereocenters. The summed E-state index contributed by atoms with van der Waals surface area (Å²) in [7, 11) is 0. The normalized spacial score (nSPS) is 17.3. The van der Waals surface area contributed by atoms with Crippen LogP contribution in [0.4, 0.5) is 0 Å². The van der Waals surface area contributed by atoms with Crippen molar-refractivity contribution in [3.63, 3.8) is 0 Å². The molecule has 1 N–H and O–H groups in total. The zero-order chi connectivity index (χ0) is 15.8. The number of rotatable bonds is 3. The number of hydrogen-bond acceptors (Lipinski definition) is 4. The fourth-order valence-electron chi connectivity index (χ4n) is 3.22. The van der Waals surface area contributed by atoms with Gasteiger partial charge in [0, 0.05) is 11.4 Å². The summed E-state index contributed by atoms with van der Waals surface area (Å²) in [5, 5.41) is 11.4. The molecule has 1 aliphatic rings. The molecule has 0 fully saturated rings. The van der Waals surface area contributed by atoms with E-state index in [-0.39, 0.29) is 11.9 Å². The fourth-order valence-corrected chi connectivity index (χ4v) is 4.84. The van der Waals surface area contributed by atoms with Gasteiger partial charge >= 0.3 is 0 Å². The number of nitrogens with one attached hydrogen (secondary N) is 1. The Morgan fingerprint density at radius 1 is 1.39 bits per heavy atom. The zero-order valence-electron chi connectivity index (χ0n) is 12.8. The van der Waals surface area contributed by atoms with Crippen molar-refractivity contribution in [2.45, 2.75) is 25.8 Å². The molecule has 0 saturated carbocycles. The smallest absolute Gasteiger partial charge is 0.274 e. The van der Waals surface area contributed by atoms with Crippen LogP contribution in [0.1, 0.15) is 40.3 Å². The monoisotopic (exact) mass is 343 g/mol. The number of nitrogens with zero attached hydrogens (tertiary/aromatic N) is 2. The highest BCUT2D eigenvalue weighted by Gasteiger charge is 2.31. The van der Waals surface area contributed by atoms with E-state index in [1.54, 1.807) is 22.7 Å². The first-order chi connectivity index (χ1) is 11.3. The first-order valence-corrected chi connectivity index (χ1v) is 9.50.